The zero-order valence-electron chi connectivity index (χ0n) is 74.6. The standard InChI is InChI=1S/12C7H16.C6H14/c1-6(2)5-7(3)4;2*1-5-6-7(2,3)4;1-5-7(3,4)6-2;2*1-5-7(4)6(2)3;2*1-4-5-6-7(2)3;2*1-4-6-7(3)5-2;1-4-7(5-2)6-3;1-3-5-7-6-4-2;1-5-6(2,3)4/h6-7H,5H2,1-4H3;3*5-6H2,1-4H3;2*6-7H,5H2,1-4H3;5*7H,4-6H2,1-3H3;3-7H2,1-2H3;5H2,1-4H3. The summed E-state index contributed by atoms with van der Waals surface area (Å²) in [5.41, 5.74) is 2.23. The summed E-state index contributed by atoms with van der Waals surface area (Å²) in [5.74, 6) is 9.98. The van der Waals surface area contributed by atoms with E-state index in [1.165, 1.54) is 193 Å². The molecule has 90 heavy (non-hydrogen) atoms. The molecule has 0 fully saturated rings. The average Bonchev–Trinajstić information content (AvgIpc) is 3.57. The average molecular weight is 1290 g/mol. The minimum absolute atomic E-state index is 0.542. The Morgan fingerprint density at radius 3 is 0.533 bits per heavy atom. The van der Waals surface area contributed by atoms with E-state index in [2.05, 4.69) is 312 Å². The minimum atomic E-state index is 0.542. The van der Waals surface area contributed by atoms with Crippen molar-refractivity contribution in [1.29, 1.82) is 0 Å². The summed E-state index contributed by atoms with van der Waals surface area (Å²) in [5, 5.41) is 0. The number of hydrogen-bond acceptors (Lipinski definition) is 0. The lowest BCUT2D eigenvalue weighted by Gasteiger charge is -2.18. The van der Waals surface area contributed by atoms with E-state index in [0.29, 0.717) is 21.7 Å². The van der Waals surface area contributed by atoms with Crippen LogP contribution >= 0.6 is 0 Å². The molecule has 0 aromatic heterocycles. The Bertz CT molecular complexity index is 992. The van der Waals surface area contributed by atoms with Gasteiger partial charge >= 0.3 is 0 Å². The maximum Gasteiger partial charge on any atom is -0.0359 e. The van der Waals surface area contributed by atoms with Crippen molar-refractivity contribution < 1.29 is 0 Å². The molecule has 4 unspecified atom stereocenters. The highest BCUT2D eigenvalue weighted by Gasteiger charge is 2.10. The first-order chi connectivity index (χ1) is 41.2. The molecular weight excluding hydrogens is 1080 g/mol. The second-order valence-electron chi connectivity index (χ2n) is 34.5. The highest BCUT2D eigenvalue weighted by Crippen LogP contribution is 2.23. The molecule has 566 valence electrons. The molecule has 0 aliphatic heterocycles. The van der Waals surface area contributed by atoms with Gasteiger partial charge in [0.25, 0.3) is 0 Å². The van der Waals surface area contributed by atoms with E-state index < -0.39 is 0 Å². The van der Waals surface area contributed by atoms with E-state index in [1.54, 1.807) is 0 Å². The molecular formula is C90H206. The van der Waals surface area contributed by atoms with Gasteiger partial charge in [-0.05, 0) is 106 Å². The van der Waals surface area contributed by atoms with Gasteiger partial charge in [-0.15, -0.1) is 0 Å². The van der Waals surface area contributed by atoms with Gasteiger partial charge in [0.1, 0.15) is 0 Å². The lowest BCUT2D eigenvalue weighted by Crippen LogP contribution is -2.05. The van der Waals surface area contributed by atoms with Gasteiger partial charge in [0.2, 0.25) is 0 Å². The van der Waals surface area contributed by atoms with Gasteiger partial charge in [-0.1, -0.05) is 485 Å². The van der Waals surface area contributed by atoms with Gasteiger partial charge in [0, 0.05) is 0 Å². The van der Waals surface area contributed by atoms with E-state index in [1.807, 2.05) is 0 Å². The van der Waals surface area contributed by atoms with Crippen LogP contribution in [0, 0.1) is 86.8 Å². The van der Waals surface area contributed by atoms with E-state index in [9.17, 15) is 0 Å². The Balaban J connectivity index is -0.0000000649. The summed E-state index contributed by atoms with van der Waals surface area (Å²) < 4.78 is 0. The molecule has 0 aromatic carbocycles. The first-order valence-corrected chi connectivity index (χ1v) is 41.2. The fourth-order valence-corrected chi connectivity index (χ4v) is 7.80. The van der Waals surface area contributed by atoms with Crippen LogP contribution in [0.1, 0.15) is 504 Å². The van der Waals surface area contributed by atoms with Gasteiger partial charge in [-0.3, -0.25) is 0 Å². The maximum atomic E-state index is 2.31. The normalized spacial score (nSPS) is 12.1. The zero-order valence-corrected chi connectivity index (χ0v) is 74.6. The quantitative estimate of drug-likeness (QED) is 0.0655. The summed E-state index contributed by atoms with van der Waals surface area (Å²) in [6, 6.07) is 0. The summed E-state index contributed by atoms with van der Waals surface area (Å²) in [7, 11) is 0. The Morgan fingerprint density at radius 2 is 0.489 bits per heavy atom. The third-order valence-electron chi connectivity index (χ3n) is 17.6. The van der Waals surface area contributed by atoms with Crippen molar-refractivity contribution in [1.82, 2.24) is 0 Å². The molecule has 0 saturated heterocycles. The molecule has 0 aromatic rings. The van der Waals surface area contributed by atoms with Crippen molar-refractivity contribution in [2.24, 2.45) is 86.8 Å². The van der Waals surface area contributed by atoms with Crippen molar-refractivity contribution in [2.45, 2.75) is 504 Å². The molecule has 0 heterocycles. The number of unbranched alkanes of at least 4 members (excludes halogenated alkanes) is 6. The van der Waals surface area contributed by atoms with Crippen LogP contribution in [-0.2, 0) is 0 Å². The summed E-state index contributed by atoms with van der Waals surface area (Å²) in [4.78, 5) is 0. The van der Waals surface area contributed by atoms with Gasteiger partial charge in [0.15, 0.2) is 0 Å². The van der Waals surface area contributed by atoms with Crippen LogP contribution in [0.4, 0.5) is 0 Å². The predicted molar refractivity (Wildman–Crippen MR) is 442 cm³/mol. The van der Waals surface area contributed by atoms with Gasteiger partial charge < -0.3 is 0 Å². The maximum absolute atomic E-state index is 2.31. The van der Waals surface area contributed by atoms with Crippen molar-refractivity contribution >= 4 is 0 Å². The predicted octanol–water partition coefficient (Wildman–Crippen LogP) is 36.1. The highest BCUT2D eigenvalue weighted by molar-refractivity contribution is 4.62. The third-order valence-corrected chi connectivity index (χ3v) is 17.6. The van der Waals surface area contributed by atoms with E-state index >= 15 is 0 Å². The Labute approximate surface area is 587 Å². The second-order valence-corrected chi connectivity index (χ2v) is 34.5. The van der Waals surface area contributed by atoms with Crippen molar-refractivity contribution in [3.63, 3.8) is 0 Å². The number of hydrogen-bond donors (Lipinski definition) is 0. The van der Waals surface area contributed by atoms with Crippen LogP contribution < -0.4 is 0 Å². The molecule has 4 atom stereocenters. The molecule has 0 spiro atoms. The van der Waals surface area contributed by atoms with Crippen molar-refractivity contribution in [3.8, 4) is 0 Å². The van der Waals surface area contributed by atoms with Crippen LogP contribution in [0.3, 0.4) is 0 Å². The lowest BCUT2D eigenvalue weighted by atomic mass is 9.88. The van der Waals surface area contributed by atoms with Crippen LogP contribution in [0.5, 0.6) is 0 Å². The van der Waals surface area contributed by atoms with E-state index in [-0.39, 0.29) is 0 Å². The SMILES string of the molecule is CC(C)CC(C)C.CCC(C)(C)C.CCC(C)(C)CC.CCC(C)C(C)C.CCC(C)C(C)C.CCC(CC)CC.CCCC(C)(C)C.CCCC(C)(C)C.CCCC(C)CC.CCCC(C)CC.CCCCC(C)C.CCCCC(C)C.CCCCCCC. The summed E-state index contributed by atoms with van der Waals surface area (Å²) in [6.07, 6.45) is 40.7. The first kappa shape index (κ1) is 120. The van der Waals surface area contributed by atoms with Crippen LogP contribution in [0.25, 0.3) is 0 Å². The van der Waals surface area contributed by atoms with E-state index in [0.717, 1.165) is 65.1 Å². The molecule has 0 saturated carbocycles. The van der Waals surface area contributed by atoms with Crippen LogP contribution in [0.2, 0.25) is 0 Å². The van der Waals surface area contributed by atoms with Gasteiger partial charge in [-0.25, -0.2) is 0 Å². The smallest absolute Gasteiger partial charge is 0.0359 e. The molecule has 0 heteroatoms. The molecule has 0 rings (SSSR count). The van der Waals surface area contributed by atoms with Crippen molar-refractivity contribution in [2.75, 3.05) is 0 Å². The Kier molecular flexibility index (Phi) is 122. The molecule has 0 amide bonds. The Hall–Kier alpha value is 0. The first-order valence-electron chi connectivity index (χ1n) is 41.2. The topological polar surface area (TPSA) is 0 Å². The molecule has 0 radical (unpaired) electrons. The lowest BCUT2D eigenvalue weighted by molar-refractivity contribution is 0.338. The fourth-order valence-electron chi connectivity index (χ4n) is 7.80. The molecule has 0 bridgehead atoms. The van der Waals surface area contributed by atoms with E-state index in [4.69, 9.17) is 0 Å². The minimum Gasteiger partial charge on any atom is -0.0654 e. The third kappa shape index (κ3) is 179. The zero-order chi connectivity index (χ0) is 74.6. The molecule has 0 nitrogen and oxygen atoms in total. The molecule has 0 aliphatic carbocycles. The monoisotopic (exact) mass is 1290 g/mol. The van der Waals surface area contributed by atoms with Crippen molar-refractivity contribution in [3.05, 3.63) is 0 Å². The molecule has 0 N–H and O–H groups in total. The molecule has 0 aliphatic rings. The van der Waals surface area contributed by atoms with Crippen LogP contribution in [0.15, 0.2) is 0 Å². The Morgan fingerprint density at radius 1 is 0.233 bits per heavy atom. The highest BCUT2D eigenvalue weighted by atomic mass is 14.2. The van der Waals surface area contributed by atoms with Gasteiger partial charge in [-0.2, -0.15) is 0 Å². The van der Waals surface area contributed by atoms with Gasteiger partial charge in [0.05, 0.1) is 0 Å². The van der Waals surface area contributed by atoms with Crippen LogP contribution in [-0.4, -0.2) is 0 Å². The largest absolute Gasteiger partial charge is 0.0654 e. The second kappa shape index (κ2) is 91.1. The summed E-state index contributed by atoms with van der Waals surface area (Å²) in [6.45, 7) is 102. The fraction of sp³-hybridized carbons (Fsp3) is 1.00. The number of rotatable bonds is 29. The summed E-state index contributed by atoms with van der Waals surface area (Å²) >= 11 is 0.